The molecule has 1 aliphatic heterocycles. The van der Waals surface area contributed by atoms with Crippen molar-refractivity contribution in [3.05, 3.63) is 11.4 Å². The van der Waals surface area contributed by atoms with Crippen molar-refractivity contribution in [3.8, 4) is 0 Å². The molecule has 1 amide bonds. The highest BCUT2D eigenvalue weighted by atomic mass is 32.2. The molecule has 0 radical (unpaired) electrons. The number of amides is 1. The summed E-state index contributed by atoms with van der Waals surface area (Å²) >= 11 is 0. The first kappa shape index (κ1) is 13.9. The Morgan fingerprint density at radius 3 is 2.68 bits per heavy atom. The number of sulfone groups is 1. The molecule has 8 heteroatoms. The Hall–Kier alpha value is -1.57. The summed E-state index contributed by atoms with van der Waals surface area (Å²) in [6, 6.07) is -0.351. The molecule has 1 atom stereocenters. The Kier molecular flexibility index (Phi) is 3.53. The summed E-state index contributed by atoms with van der Waals surface area (Å²) < 4.78 is 22.6. The molecule has 0 aliphatic carbocycles. The number of carbonyl (C=O) groups excluding carboxylic acids is 1. The van der Waals surface area contributed by atoms with E-state index in [1.807, 2.05) is 13.8 Å². The molecule has 0 saturated carbocycles. The molecule has 106 valence electrons. The third-order valence-electron chi connectivity index (χ3n) is 3.19. The monoisotopic (exact) mass is 286 g/mol. The molecular formula is C11H18N4O3S. The van der Waals surface area contributed by atoms with Gasteiger partial charge in [-0.05, 0) is 12.3 Å². The van der Waals surface area contributed by atoms with Gasteiger partial charge in [0.25, 0.3) is 5.91 Å². The molecule has 1 unspecified atom stereocenters. The van der Waals surface area contributed by atoms with Gasteiger partial charge in [-0.25, -0.2) is 8.42 Å². The molecule has 1 fully saturated rings. The number of aromatic amines is 1. The standard InChI is InChI=1S/C11H18N4O3S/c1-6(2)9-8(12)10(15-14-9)11(16)13-7-3-4-19(17,18)5-7/h6-7H,3-5,12H2,1-2H3,(H,13,16)(H,14,15). The molecule has 2 rings (SSSR count). The lowest BCUT2D eigenvalue weighted by molar-refractivity contribution is 0.0937. The second-order valence-corrected chi connectivity index (χ2v) is 7.36. The van der Waals surface area contributed by atoms with Gasteiger partial charge in [0, 0.05) is 6.04 Å². The molecule has 1 aromatic rings. The van der Waals surface area contributed by atoms with Crippen LogP contribution in [0.15, 0.2) is 0 Å². The molecule has 2 heterocycles. The summed E-state index contributed by atoms with van der Waals surface area (Å²) in [5, 5.41) is 9.31. The van der Waals surface area contributed by atoms with E-state index in [4.69, 9.17) is 5.73 Å². The Morgan fingerprint density at radius 2 is 2.21 bits per heavy atom. The summed E-state index contributed by atoms with van der Waals surface area (Å²) in [5.41, 5.74) is 7.03. The summed E-state index contributed by atoms with van der Waals surface area (Å²) in [6.45, 7) is 3.88. The first-order valence-corrected chi connectivity index (χ1v) is 7.97. The summed E-state index contributed by atoms with van der Waals surface area (Å²) in [5.74, 6) is -0.186. The number of nitrogens with zero attached hydrogens (tertiary/aromatic N) is 1. The second kappa shape index (κ2) is 4.84. The zero-order chi connectivity index (χ0) is 14.2. The second-order valence-electron chi connectivity index (χ2n) is 5.13. The summed E-state index contributed by atoms with van der Waals surface area (Å²) in [6.07, 6.45) is 0.440. The molecule has 1 aromatic heterocycles. The number of nitrogen functional groups attached to an aromatic ring is 1. The van der Waals surface area contributed by atoms with Gasteiger partial charge in [0.15, 0.2) is 15.5 Å². The lowest BCUT2D eigenvalue weighted by Gasteiger charge is -2.09. The maximum Gasteiger partial charge on any atom is 0.274 e. The molecule has 1 saturated heterocycles. The largest absolute Gasteiger partial charge is 0.395 e. The van der Waals surface area contributed by atoms with Crippen LogP contribution in [0.25, 0.3) is 0 Å². The van der Waals surface area contributed by atoms with Crippen LogP contribution in [-0.2, 0) is 9.84 Å². The minimum Gasteiger partial charge on any atom is -0.395 e. The van der Waals surface area contributed by atoms with Gasteiger partial charge in [-0.15, -0.1) is 0 Å². The Labute approximate surface area is 111 Å². The van der Waals surface area contributed by atoms with Gasteiger partial charge >= 0.3 is 0 Å². The van der Waals surface area contributed by atoms with Crippen LogP contribution in [-0.4, -0.2) is 42.1 Å². The Bertz CT molecular complexity index is 591. The van der Waals surface area contributed by atoms with Crippen LogP contribution in [0.4, 0.5) is 5.69 Å². The maximum atomic E-state index is 12.0. The van der Waals surface area contributed by atoms with Crippen molar-refractivity contribution in [3.63, 3.8) is 0 Å². The smallest absolute Gasteiger partial charge is 0.274 e. The van der Waals surface area contributed by atoms with E-state index >= 15 is 0 Å². The van der Waals surface area contributed by atoms with Gasteiger partial charge in [-0.1, -0.05) is 13.8 Å². The van der Waals surface area contributed by atoms with Gasteiger partial charge in [0.2, 0.25) is 0 Å². The molecule has 0 aromatic carbocycles. The fourth-order valence-corrected chi connectivity index (χ4v) is 3.81. The van der Waals surface area contributed by atoms with Crippen molar-refractivity contribution in [2.45, 2.75) is 32.2 Å². The van der Waals surface area contributed by atoms with Crippen molar-refractivity contribution in [2.24, 2.45) is 0 Å². The molecule has 4 N–H and O–H groups in total. The Balaban J connectivity index is 2.09. The van der Waals surface area contributed by atoms with E-state index in [1.54, 1.807) is 0 Å². The van der Waals surface area contributed by atoms with Gasteiger partial charge in [-0.3, -0.25) is 9.89 Å². The van der Waals surface area contributed by atoms with E-state index < -0.39 is 15.7 Å². The van der Waals surface area contributed by atoms with Crippen molar-refractivity contribution in [2.75, 3.05) is 17.2 Å². The van der Waals surface area contributed by atoms with Crippen LogP contribution in [0, 0.1) is 0 Å². The zero-order valence-corrected chi connectivity index (χ0v) is 11.8. The predicted molar refractivity (Wildman–Crippen MR) is 71.6 cm³/mol. The van der Waals surface area contributed by atoms with E-state index in [0.29, 0.717) is 17.8 Å². The normalized spacial score (nSPS) is 21.7. The zero-order valence-electron chi connectivity index (χ0n) is 10.9. The molecule has 1 aliphatic rings. The van der Waals surface area contributed by atoms with Crippen LogP contribution >= 0.6 is 0 Å². The van der Waals surface area contributed by atoms with E-state index in [9.17, 15) is 13.2 Å². The van der Waals surface area contributed by atoms with Crippen LogP contribution in [0.1, 0.15) is 42.4 Å². The van der Waals surface area contributed by atoms with E-state index in [-0.39, 0.29) is 29.2 Å². The highest BCUT2D eigenvalue weighted by molar-refractivity contribution is 7.91. The van der Waals surface area contributed by atoms with E-state index in [2.05, 4.69) is 15.5 Å². The Morgan fingerprint density at radius 1 is 1.53 bits per heavy atom. The number of H-pyrrole nitrogens is 1. The highest BCUT2D eigenvalue weighted by Gasteiger charge is 2.30. The SMILES string of the molecule is CC(C)c1[nH]nc(C(=O)NC2CCS(=O)(=O)C2)c1N. The quantitative estimate of drug-likeness (QED) is 0.724. The number of aromatic nitrogens is 2. The highest BCUT2D eigenvalue weighted by Crippen LogP contribution is 2.22. The van der Waals surface area contributed by atoms with Crippen LogP contribution in [0.5, 0.6) is 0 Å². The third-order valence-corrected chi connectivity index (χ3v) is 4.96. The van der Waals surface area contributed by atoms with Gasteiger partial charge in [-0.2, -0.15) is 5.10 Å². The molecule has 7 nitrogen and oxygen atoms in total. The van der Waals surface area contributed by atoms with E-state index in [1.165, 1.54) is 0 Å². The lowest BCUT2D eigenvalue weighted by Crippen LogP contribution is -2.36. The predicted octanol–water partition coefficient (Wildman–Crippen LogP) is 0.0322. The molecule has 0 bridgehead atoms. The summed E-state index contributed by atoms with van der Waals surface area (Å²) in [7, 11) is -3.02. The summed E-state index contributed by atoms with van der Waals surface area (Å²) in [4.78, 5) is 12.0. The van der Waals surface area contributed by atoms with Gasteiger partial charge in [0.05, 0.1) is 22.9 Å². The van der Waals surface area contributed by atoms with Gasteiger partial charge in [0.1, 0.15) is 0 Å². The van der Waals surface area contributed by atoms with Gasteiger partial charge < -0.3 is 11.1 Å². The number of anilines is 1. The van der Waals surface area contributed by atoms with Crippen LogP contribution in [0.2, 0.25) is 0 Å². The van der Waals surface area contributed by atoms with E-state index in [0.717, 1.165) is 0 Å². The number of hydrogen-bond donors (Lipinski definition) is 3. The topological polar surface area (TPSA) is 118 Å². The van der Waals surface area contributed by atoms with Crippen molar-refractivity contribution < 1.29 is 13.2 Å². The minimum atomic E-state index is -3.02. The number of hydrogen-bond acceptors (Lipinski definition) is 5. The minimum absolute atomic E-state index is 0.0138. The van der Waals surface area contributed by atoms with Crippen molar-refractivity contribution >= 4 is 21.4 Å². The average molecular weight is 286 g/mol. The average Bonchev–Trinajstić information content (AvgIpc) is 2.81. The fourth-order valence-electron chi connectivity index (χ4n) is 2.14. The lowest BCUT2D eigenvalue weighted by atomic mass is 10.1. The first-order chi connectivity index (χ1) is 8.80. The van der Waals surface area contributed by atoms with Crippen LogP contribution in [0.3, 0.4) is 0 Å². The fraction of sp³-hybridized carbons (Fsp3) is 0.636. The third kappa shape index (κ3) is 2.89. The van der Waals surface area contributed by atoms with Crippen molar-refractivity contribution in [1.29, 1.82) is 0 Å². The van der Waals surface area contributed by atoms with Crippen molar-refractivity contribution in [1.82, 2.24) is 15.5 Å². The maximum absolute atomic E-state index is 12.0. The number of carbonyl (C=O) groups is 1. The molecule has 0 spiro atoms. The number of nitrogens with one attached hydrogen (secondary N) is 2. The number of nitrogens with two attached hydrogens (primary N) is 1. The molecular weight excluding hydrogens is 268 g/mol. The first-order valence-electron chi connectivity index (χ1n) is 6.15. The molecule has 19 heavy (non-hydrogen) atoms. The number of rotatable bonds is 3. The van der Waals surface area contributed by atoms with Crippen LogP contribution < -0.4 is 11.1 Å².